The number of fused-ring (bicyclic) bond motifs is 1. The number of halogens is 1. The van der Waals surface area contributed by atoms with Crippen molar-refractivity contribution in [3.05, 3.63) is 35.3 Å². The van der Waals surface area contributed by atoms with Crippen LogP contribution in [0.2, 0.25) is 0 Å². The summed E-state index contributed by atoms with van der Waals surface area (Å²) in [7, 11) is 1.56. The molecule has 4 nitrogen and oxygen atoms in total. The third-order valence-corrected chi connectivity index (χ3v) is 3.08. The number of nitrogens with one attached hydrogen (secondary N) is 3. The van der Waals surface area contributed by atoms with Gasteiger partial charge in [0, 0.05) is 23.6 Å². The van der Waals surface area contributed by atoms with E-state index in [1.165, 1.54) is 6.07 Å². The topological polar surface area (TPSA) is 56.9 Å². The number of amides is 2. The number of carbonyl (C=O) groups is 1. The van der Waals surface area contributed by atoms with Gasteiger partial charge in [-0.05, 0) is 29.7 Å². The van der Waals surface area contributed by atoms with Gasteiger partial charge >= 0.3 is 6.03 Å². The number of aromatic nitrogens is 1. The average Bonchev–Trinajstić information content (AvgIpc) is 2.76. The minimum Gasteiger partial charge on any atom is -0.357 e. The molecule has 0 saturated heterocycles. The summed E-state index contributed by atoms with van der Waals surface area (Å²) in [5.74, 6) is -0.0487. The zero-order valence-electron chi connectivity index (χ0n) is 11.3. The molecule has 102 valence electrons. The zero-order chi connectivity index (χ0) is 14.0. The van der Waals surface area contributed by atoms with Crippen LogP contribution < -0.4 is 10.6 Å². The van der Waals surface area contributed by atoms with Crippen molar-refractivity contribution in [2.24, 2.45) is 0 Å². The summed E-state index contributed by atoms with van der Waals surface area (Å²) in [6.07, 6.45) is 0. The van der Waals surface area contributed by atoms with E-state index in [1.807, 2.05) is 26.0 Å². The Morgan fingerprint density at radius 3 is 2.74 bits per heavy atom. The molecule has 0 aliphatic rings. The maximum absolute atomic E-state index is 13.9. The summed E-state index contributed by atoms with van der Waals surface area (Å²) >= 11 is 0. The second-order valence-corrected chi connectivity index (χ2v) is 4.84. The van der Waals surface area contributed by atoms with Gasteiger partial charge in [-0.25, -0.2) is 9.18 Å². The Morgan fingerprint density at radius 1 is 1.37 bits per heavy atom. The molecule has 2 aromatic rings. The highest BCUT2D eigenvalue weighted by molar-refractivity contribution is 5.81. The highest BCUT2D eigenvalue weighted by atomic mass is 19.1. The maximum atomic E-state index is 13.9. The van der Waals surface area contributed by atoms with Crippen molar-refractivity contribution in [2.45, 2.75) is 26.3 Å². The van der Waals surface area contributed by atoms with Crippen LogP contribution in [0.1, 0.15) is 31.0 Å². The summed E-state index contributed by atoms with van der Waals surface area (Å²) in [4.78, 5) is 14.3. The molecular weight excluding hydrogens is 245 g/mol. The summed E-state index contributed by atoms with van der Waals surface area (Å²) in [6, 6.07) is 4.97. The minimum atomic E-state index is -0.243. The van der Waals surface area contributed by atoms with Crippen molar-refractivity contribution >= 4 is 16.9 Å². The van der Waals surface area contributed by atoms with Gasteiger partial charge in [0.15, 0.2) is 0 Å². The predicted molar refractivity (Wildman–Crippen MR) is 73.6 cm³/mol. The van der Waals surface area contributed by atoms with Gasteiger partial charge in [0.25, 0.3) is 0 Å². The lowest BCUT2D eigenvalue weighted by atomic mass is 10.0. The average molecular weight is 263 g/mol. The quantitative estimate of drug-likeness (QED) is 0.783. The first-order valence-electron chi connectivity index (χ1n) is 6.28. The van der Waals surface area contributed by atoms with Gasteiger partial charge in [0.05, 0.1) is 6.54 Å². The molecule has 3 N–H and O–H groups in total. The molecule has 0 aliphatic carbocycles. The number of rotatable bonds is 3. The van der Waals surface area contributed by atoms with Gasteiger partial charge in [-0.3, -0.25) is 0 Å². The van der Waals surface area contributed by atoms with Crippen LogP contribution in [0, 0.1) is 5.82 Å². The van der Waals surface area contributed by atoms with E-state index >= 15 is 0 Å². The Balaban J connectivity index is 2.27. The van der Waals surface area contributed by atoms with Gasteiger partial charge < -0.3 is 15.6 Å². The number of benzene rings is 1. The number of hydrogen-bond donors (Lipinski definition) is 3. The van der Waals surface area contributed by atoms with E-state index in [4.69, 9.17) is 0 Å². The molecule has 19 heavy (non-hydrogen) atoms. The fraction of sp³-hybridized carbons (Fsp3) is 0.357. The molecular formula is C14H18FN3O. The number of hydrogen-bond acceptors (Lipinski definition) is 1. The van der Waals surface area contributed by atoms with Gasteiger partial charge in [0.1, 0.15) is 5.82 Å². The fourth-order valence-electron chi connectivity index (χ4n) is 2.03. The molecule has 1 heterocycles. The second-order valence-electron chi connectivity index (χ2n) is 4.84. The first-order valence-corrected chi connectivity index (χ1v) is 6.28. The van der Waals surface area contributed by atoms with E-state index in [0.29, 0.717) is 12.1 Å². The molecule has 0 bridgehead atoms. The van der Waals surface area contributed by atoms with Crippen LogP contribution in [0.5, 0.6) is 0 Å². The van der Waals surface area contributed by atoms with Gasteiger partial charge in [-0.15, -0.1) is 0 Å². The van der Waals surface area contributed by atoms with Crippen molar-refractivity contribution in [3.8, 4) is 0 Å². The number of carbonyl (C=O) groups excluding carboxylic acids is 1. The number of urea groups is 1. The van der Waals surface area contributed by atoms with E-state index in [9.17, 15) is 9.18 Å². The van der Waals surface area contributed by atoms with Gasteiger partial charge in [-0.2, -0.15) is 0 Å². The molecule has 0 saturated carbocycles. The smallest absolute Gasteiger partial charge is 0.314 e. The van der Waals surface area contributed by atoms with Crippen LogP contribution in [0.15, 0.2) is 18.2 Å². The van der Waals surface area contributed by atoms with Crippen molar-refractivity contribution in [2.75, 3.05) is 7.05 Å². The Hall–Kier alpha value is -2.04. The number of aromatic amines is 1. The van der Waals surface area contributed by atoms with E-state index in [-0.39, 0.29) is 17.8 Å². The number of H-pyrrole nitrogens is 1. The van der Waals surface area contributed by atoms with Gasteiger partial charge in [0.2, 0.25) is 0 Å². The van der Waals surface area contributed by atoms with Crippen LogP contribution in [-0.4, -0.2) is 18.1 Å². The first-order chi connectivity index (χ1) is 9.01. The third-order valence-electron chi connectivity index (χ3n) is 3.08. The lowest BCUT2D eigenvalue weighted by Crippen LogP contribution is -2.32. The van der Waals surface area contributed by atoms with Gasteiger partial charge in [-0.1, -0.05) is 13.8 Å². The Morgan fingerprint density at radius 2 is 2.11 bits per heavy atom. The molecule has 5 heteroatoms. The fourth-order valence-corrected chi connectivity index (χ4v) is 2.03. The van der Waals surface area contributed by atoms with Crippen LogP contribution >= 0.6 is 0 Å². The Labute approximate surface area is 111 Å². The van der Waals surface area contributed by atoms with Crippen LogP contribution in [0.3, 0.4) is 0 Å². The van der Waals surface area contributed by atoms with Crippen molar-refractivity contribution in [1.82, 2.24) is 15.6 Å². The molecule has 0 radical (unpaired) electrons. The summed E-state index contributed by atoms with van der Waals surface area (Å²) in [5.41, 5.74) is 2.43. The molecule has 2 rings (SSSR count). The third kappa shape index (κ3) is 2.86. The molecule has 0 spiro atoms. The normalized spacial score (nSPS) is 11.0. The van der Waals surface area contributed by atoms with Crippen LogP contribution in [0.4, 0.5) is 9.18 Å². The molecule has 2 amide bonds. The Bertz CT molecular complexity index is 604. The monoisotopic (exact) mass is 263 g/mol. The Kier molecular flexibility index (Phi) is 3.74. The highest BCUT2D eigenvalue weighted by Gasteiger charge is 2.10. The van der Waals surface area contributed by atoms with Crippen molar-refractivity contribution in [1.29, 1.82) is 0 Å². The van der Waals surface area contributed by atoms with E-state index in [0.717, 1.165) is 16.6 Å². The SMILES string of the molecule is CNC(=O)NCc1cc2cc(F)c(C(C)C)cc2[nH]1. The zero-order valence-corrected chi connectivity index (χ0v) is 11.3. The van der Waals surface area contributed by atoms with E-state index in [1.54, 1.807) is 7.05 Å². The predicted octanol–water partition coefficient (Wildman–Crippen LogP) is 2.86. The van der Waals surface area contributed by atoms with Crippen LogP contribution in [0.25, 0.3) is 10.9 Å². The molecule has 0 aliphatic heterocycles. The standard InChI is InChI=1S/C14H18FN3O/c1-8(2)11-6-13-9(5-12(11)15)4-10(18-13)7-17-14(19)16-3/h4-6,8,18H,7H2,1-3H3,(H2,16,17,19). The van der Waals surface area contributed by atoms with Crippen molar-refractivity contribution < 1.29 is 9.18 Å². The first kappa shape index (κ1) is 13.4. The molecule has 0 atom stereocenters. The second kappa shape index (κ2) is 5.30. The van der Waals surface area contributed by atoms with Crippen molar-refractivity contribution in [3.63, 3.8) is 0 Å². The molecule has 1 aromatic heterocycles. The summed E-state index contributed by atoms with van der Waals surface area (Å²) in [5, 5.41) is 5.98. The minimum absolute atomic E-state index is 0.139. The highest BCUT2D eigenvalue weighted by Crippen LogP contribution is 2.25. The summed E-state index contributed by atoms with van der Waals surface area (Å²) < 4.78 is 13.9. The van der Waals surface area contributed by atoms with Crippen LogP contribution in [-0.2, 0) is 6.54 Å². The lowest BCUT2D eigenvalue weighted by molar-refractivity contribution is 0.242. The lowest BCUT2D eigenvalue weighted by Gasteiger charge is -2.06. The van der Waals surface area contributed by atoms with E-state index < -0.39 is 0 Å². The van der Waals surface area contributed by atoms with E-state index in [2.05, 4.69) is 15.6 Å². The maximum Gasteiger partial charge on any atom is 0.314 e. The molecule has 1 aromatic carbocycles. The molecule has 0 unspecified atom stereocenters. The largest absolute Gasteiger partial charge is 0.357 e. The summed E-state index contributed by atoms with van der Waals surface area (Å²) in [6.45, 7) is 4.30. The molecule has 0 fully saturated rings.